The lowest BCUT2D eigenvalue weighted by atomic mass is 9.76. The Bertz CT molecular complexity index is 522. The Labute approximate surface area is 146 Å². The maximum absolute atomic E-state index is 12.2. The van der Waals surface area contributed by atoms with Gasteiger partial charge in [-0.2, -0.15) is 0 Å². The van der Waals surface area contributed by atoms with Gasteiger partial charge in [-0.25, -0.2) is 0 Å². The fourth-order valence-electron chi connectivity index (χ4n) is 2.58. The predicted molar refractivity (Wildman–Crippen MR) is 99.4 cm³/mol. The molecule has 0 bridgehead atoms. The van der Waals surface area contributed by atoms with Crippen LogP contribution in [0.4, 0.5) is 5.69 Å². The summed E-state index contributed by atoms with van der Waals surface area (Å²) < 4.78 is 10.4. The van der Waals surface area contributed by atoms with Crippen molar-refractivity contribution in [1.82, 2.24) is 0 Å². The Hall–Kier alpha value is -1.97. The molecule has 24 heavy (non-hydrogen) atoms. The van der Waals surface area contributed by atoms with E-state index in [2.05, 4.69) is 18.8 Å². The highest BCUT2D eigenvalue weighted by Gasteiger charge is 2.36. The van der Waals surface area contributed by atoms with E-state index in [9.17, 15) is 4.79 Å². The van der Waals surface area contributed by atoms with Gasteiger partial charge in [0.2, 0.25) is 0 Å². The lowest BCUT2D eigenvalue weighted by Crippen LogP contribution is -2.36. The molecule has 0 saturated carbocycles. The fraction of sp³-hybridized carbons (Fsp3) is 0.550. The average molecular weight is 333 g/mol. The van der Waals surface area contributed by atoms with Crippen molar-refractivity contribution in [2.45, 2.75) is 46.6 Å². The van der Waals surface area contributed by atoms with Crippen molar-refractivity contribution in [1.29, 1.82) is 0 Å². The summed E-state index contributed by atoms with van der Waals surface area (Å²) in [5.74, 6) is 0.865. The van der Waals surface area contributed by atoms with Crippen LogP contribution < -0.4 is 10.1 Å². The second-order valence-electron chi connectivity index (χ2n) is 6.67. The van der Waals surface area contributed by atoms with E-state index >= 15 is 0 Å². The van der Waals surface area contributed by atoms with Gasteiger partial charge in [0.25, 0.3) is 0 Å². The summed E-state index contributed by atoms with van der Waals surface area (Å²) in [7, 11) is 1.65. The van der Waals surface area contributed by atoms with Crippen LogP contribution in [-0.2, 0) is 9.53 Å². The molecule has 0 spiro atoms. The largest absolute Gasteiger partial charge is 0.497 e. The number of benzene rings is 1. The van der Waals surface area contributed by atoms with Gasteiger partial charge in [0.05, 0.1) is 19.1 Å². The fourth-order valence-corrected chi connectivity index (χ4v) is 2.58. The van der Waals surface area contributed by atoms with E-state index in [1.54, 1.807) is 7.11 Å². The second-order valence-corrected chi connectivity index (χ2v) is 6.67. The zero-order valence-corrected chi connectivity index (χ0v) is 15.6. The summed E-state index contributed by atoms with van der Waals surface area (Å²) >= 11 is 0. The predicted octanol–water partition coefficient (Wildman–Crippen LogP) is 4.67. The molecule has 0 aliphatic rings. The van der Waals surface area contributed by atoms with Gasteiger partial charge in [-0.3, -0.25) is 4.79 Å². The summed E-state index contributed by atoms with van der Waals surface area (Å²) in [6, 6.07) is 8.06. The van der Waals surface area contributed by atoms with Gasteiger partial charge < -0.3 is 14.8 Å². The summed E-state index contributed by atoms with van der Waals surface area (Å²) in [4.78, 5) is 12.2. The van der Waals surface area contributed by atoms with Crippen molar-refractivity contribution < 1.29 is 14.3 Å². The van der Waals surface area contributed by atoms with Crippen LogP contribution in [0.15, 0.2) is 36.9 Å². The van der Waals surface area contributed by atoms with Gasteiger partial charge in [0.15, 0.2) is 0 Å². The third-order valence-electron chi connectivity index (χ3n) is 4.58. The van der Waals surface area contributed by atoms with Gasteiger partial charge in [-0.15, -0.1) is 6.58 Å². The third-order valence-corrected chi connectivity index (χ3v) is 4.58. The molecule has 1 rings (SSSR count). The topological polar surface area (TPSA) is 47.6 Å². The van der Waals surface area contributed by atoms with Crippen molar-refractivity contribution >= 4 is 11.7 Å². The van der Waals surface area contributed by atoms with Crippen molar-refractivity contribution in [2.24, 2.45) is 11.3 Å². The summed E-state index contributed by atoms with van der Waals surface area (Å²) in [5, 5.41) is 3.53. The number of rotatable bonds is 10. The molecule has 0 radical (unpaired) electrons. The number of nitrogens with one attached hydrogen (secondary N) is 1. The lowest BCUT2D eigenvalue weighted by Gasteiger charge is -2.32. The number of hydrogen-bond donors (Lipinski definition) is 1. The number of methoxy groups -OCH3 is 1. The Morgan fingerprint density at radius 3 is 2.46 bits per heavy atom. The average Bonchev–Trinajstić information content (AvgIpc) is 2.55. The molecular formula is C20H31NO3. The number of carbonyl (C=O) groups excluding carboxylic acids is 1. The molecule has 2 atom stereocenters. The number of anilines is 1. The number of carbonyl (C=O) groups is 1. The maximum Gasteiger partial charge on any atom is 0.311 e. The van der Waals surface area contributed by atoms with E-state index in [4.69, 9.17) is 9.47 Å². The first-order valence-electron chi connectivity index (χ1n) is 8.53. The smallest absolute Gasteiger partial charge is 0.311 e. The van der Waals surface area contributed by atoms with E-state index in [0.29, 0.717) is 6.61 Å². The van der Waals surface area contributed by atoms with Crippen molar-refractivity contribution in [3.63, 3.8) is 0 Å². The van der Waals surface area contributed by atoms with Crippen LogP contribution in [0.1, 0.15) is 40.5 Å². The molecule has 1 aromatic rings. The molecule has 1 N–H and O–H groups in total. The van der Waals surface area contributed by atoms with Crippen LogP contribution >= 0.6 is 0 Å². The zero-order chi connectivity index (χ0) is 18.2. The highest BCUT2D eigenvalue weighted by atomic mass is 16.5. The Balaban J connectivity index is 2.76. The molecule has 0 unspecified atom stereocenters. The standard InChI is InChI=1S/C20H31NO3/c1-7-9-17(21-16-10-12-18(23-6)13-11-16)14-15(3)20(4,5)19(22)24-8-2/h7,10-13,15,17,21H,1,8-9,14H2,2-6H3/t15-,17+/m0/s1. The Morgan fingerprint density at radius 2 is 1.96 bits per heavy atom. The Morgan fingerprint density at radius 1 is 1.33 bits per heavy atom. The minimum atomic E-state index is -0.517. The summed E-state index contributed by atoms with van der Waals surface area (Å²) in [6.07, 6.45) is 3.59. The SMILES string of the molecule is C=CC[C@H](C[C@H](C)C(C)(C)C(=O)OCC)Nc1ccc(OC)cc1. The van der Waals surface area contributed by atoms with E-state index in [-0.39, 0.29) is 17.9 Å². The monoisotopic (exact) mass is 333 g/mol. The quantitative estimate of drug-likeness (QED) is 0.499. The van der Waals surface area contributed by atoms with E-state index < -0.39 is 5.41 Å². The minimum absolute atomic E-state index is 0.140. The second kappa shape index (κ2) is 9.36. The van der Waals surface area contributed by atoms with E-state index in [0.717, 1.165) is 24.3 Å². The Kier molecular flexibility index (Phi) is 7.83. The van der Waals surface area contributed by atoms with E-state index in [1.165, 1.54) is 0 Å². The van der Waals surface area contributed by atoms with Crippen molar-refractivity contribution in [3.05, 3.63) is 36.9 Å². The van der Waals surface area contributed by atoms with Crippen molar-refractivity contribution in [3.8, 4) is 5.75 Å². The lowest BCUT2D eigenvalue weighted by molar-refractivity contribution is -0.156. The highest BCUT2D eigenvalue weighted by Crippen LogP contribution is 2.33. The highest BCUT2D eigenvalue weighted by molar-refractivity contribution is 5.76. The van der Waals surface area contributed by atoms with Crippen molar-refractivity contribution in [2.75, 3.05) is 19.0 Å². The molecule has 0 aliphatic carbocycles. The first-order valence-corrected chi connectivity index (χ1v) is 8.53. The first-order chi connectivity index (χ1) is 11.3. The maximum atomic E-state index is 12.2. The molecule has 4 heteroatoms. The first kappa shape index (κ1) is 20.1. The molecule has 4 nitrogen and oxygen atoms in total. The van der Waals surface area contributed by atoms with Crippen LogP contribution in [0.3, 0.4) is 0 Å². The van der Waals surface area contributed by atoms with Gasteiger partial charge in [0.1, 0.15) is 5.75 Å². The minimum Gasteiger partial charge on any atom is -0.497 e. The summed E-state index contributed by atoms with van der Waals surface area (Å²) in [5.41, 5.74) is 0.514. The molecule has 1 aromatic carbocycles. The molecule has 0 aromatic heterocycles. The van der Waals surface area contributed by atoms with Gasteiger partial charge in [-0.05, 0) is 63.8 Å². The number of esters is 1. The van der Waals surface area contributed by atoms with E-state index in [1.807, 2.05) is 51.1 Å². The van der Waals surface area contributed by atoms with Crippen LogP contribution in [0.25, 0.3) is 0 Å². The molecule has 0 saturated heterocycles. The number of ether oxygens (including phenoxy) is 2. The normalized spacial score (nSPS) is 13.7. The summed E-state index contributed by atoms with van der Waals surface area (Å²) in [6.45, 7) is 12.1. The van der Waals surface area contributed by atoms with Crippen LogP contribution in [0.2, 0.25) is 0 Å². The van der Waals surface area contributed by atoms with Gasteiger partial charge in [0, 0.05) is 11.7 Å². The molecule has 0 amide bonds. The zero-order valence-electron chi connectivity index (χ0n) is 15.6. The van der Waals surface area contributed by atoms with Gasteiger partial charge in [-0.1, -0.05) is 13.0 Å². The molecule has 0 aliphatic heterocycles. The van der Waals surface area contributed by atoms with Crippen LogP contribution in [0, 0.1) is 11.3 Å². The number of hydrogen-bond acceptors (Lipinski definition) is 4. The molecule has 0 heterocycles. The van der Waals surface area contributed by atoms with Crippen LogP contribution in [-0.4, -0.2) is 25.7 Å². The molecule has 134 valence electrons. The molecular weight excluding hydrogens is 302 g/mol. The molecule has 0 fully saturated rings. The van der Waals surface area contributed by atoms with Gasteiger partial charge >= 0.3 is 5.97 Å². The third kappa shape index (κ3) is 5.59. The van der Waals surface area contributed by atoms with Crippen LogP contribution in [0.5, 0.6) is 5.75 Å².